The molecule has 1 nitrogen and oxygen atoms in total. The molecule has 2 heteroatoms. The third-order valence-corrected chi connectivity index (χ3v) is 4.20. The van der Waals surface area contributed by atoms with Gasteiger partial charge < -0.3 is 5.73 Å². The highest BCUT2D eigenvalue weighted by atomic mass is 32.2. The zero-order valence-corrected chi connectivity index (χ0v) is 10.1. The van der Waals surface area contributed by atoms with Gasteiger partial charge in [0, 0.05) is 6.04 Å². The lowest BCUT2D eigenvalue weighted by Crippen LogP contribution is -2.14. The molecule has 0 radical (unpaired) electrons. The average Bonchev–Trinajstić information content (AvgIpc) is 2.30. The fraction of sp³-hybridized carbons (Fsp3) is 0.538. The highest BCUT2D eigenvalue weighted by Crippen LogP contribution is 2.34. The molecule has 0 aromatic heterocycles. The number of hydrogen-bond acceptors (Lipinski definition) is 2. The van der Waals surface area contributed by atoms with Gasteiger partial charge in [-0.15, -0.1) is 0 Å². The Morgan fingerprint density at radius 3 is 2.60 bits per heavy atom. The molecule has 82 valence electrons. The summed E-state index contributed by atoms with van der Waals surface area (Å²) in [5.74, 6) is 3.35. The summed E-state index contributed by atoms with van der Waals surface area (Å²) >= 11 is 2.08. The summed E-state index contributed by atoms with van der Waals surface area (Å²) in [6.45, 7) is 2.08. The molecule has 0 amide bonds. The molecule has 1 fully saturated rings. The van der Waals surface area contributed by atoms with E-state index >= 15 is 0 Å². The van der Waals surface area contributed by atoms with E-state index in [0.717, 1.165) is 5.92 Å². The predicted molar refractivity (Wildman–Crippen MR) is 68.3 cm³/mol. The molecule has 2 N–H and O–H groups in total. The molecule has 1 aromatic carbocycles. The molecule has 1 aliphatic rings. The molecule has 0 bridgehead atoms. The molecule has 0 saturated carbocycles. The van der Waals surface area contributed by atoms with E-state index in [1.54, 1.807) is 0 Å². The van der Waals surface area contributed by atoms with Crippen LogP contribution in [-0.4, -0.2) is 11.5 Å². The normalized spacial score (nSPS) is 20.1. The summed E-state index contributed by atoms with van der Waals surface area (Å²) in [5.41, 5.74) is 8.85. The maximum atomic E-state index is 6.02. The Labute approximate surface area is 96.4 Å². The van der Waals surface area contributed by atoms with Crippen molar-refractivity contribution >= 4 is 11.8 Å². The van der Waals surface area contributed by atoms with Gasteiger partial charge in [0.2, 0.25) is 0 Å². The van der Waals surface area contributed by atoms with Crippen molar-refractivity contribution < 1.29 is 0 Å². The summed E-state index contributed by atoms with van der Waals surface area (Å²) in [7, 11) is 0. The zero-order valence-electron chi connectivity index (χ0n) is 9.28. The number of rotatable bonds is 2. The summed E-state index contributed by atoms with van der Waals surface area (Å²) in [5, 5.41) is 0. The highest BCUT2D eigenvalue weighted by Gasteiger charge is 2.19. The monoisotopic (exact) mass is 221 g/mol. The van der Waals surface area contributed by atoms with Crippen molar-refractivity contribution in [2.45, 2.75) is 31.7 Å². The van der Waals surface area contributed by atoms with Crippen molar-refractivity contribution in [3.8, 4) is 0 Å². The van der Waals surface area contributed by atoms with Crippen LogP contribution in [0.1, 0.15) is 42.9 Å². The van der Waals surface area contributed by atoms with E-state index < -0.39 is 0 Å². The lowest BCUT2D eigenvalue weighted by atomic mass is 9.88. The van der Waals surface area contributed by atoms with E-state index in [9.17, 15) is 0 Å². The van der Waals surface area contributed by atoms with Crippen LogP contribution in [0.25, 0.3) is 0 Å². The molecule has 1 aromatic rings. The fourth-order valence-electron chi connectivity index (χ4n) is 2.31. The summed E-state index contributed by atoms with van der Waals surface area (Å²) in [6.07, 6.45) is 2.63. The molecular weight excluding hydrogens is 202 g/mol. The van der Waals surface area contributed by atoms with Crippen LogP contribution in [0.5, 0.6) is 0 Å². The Bertz CT molecular complexity index is 316. The maximum absolute atomic E-state index is 6.02. The molecule has 0 spiro atoms. The van der Waals surface area contributed by atoms with Crippen molar-refractivity contribution in [3.63, 3.8) is 0 Å². The molecule has 0 aliphatic carbocycles. The number of benzene rings is 1. The van der Waals surface area contributed by atoms with Crippen molar-refractivity contribution in [1.82, 2.24) is 0 Å². The van der Waals surface area contributed by atoms with E-state index in [-0.39, 0.29) is 6.04 Å². The van der Waals surface area contributed by atoms with Gasteiger partial charge in [-0.3, -0.25) is 0 Å². The van der Waals surface area contributed by atoms with Gasteiger partial charge >= 0.3 is 0 Å². The van der Waals surface area contributed by atoms with Crippen molar-refractivity contribution in [3.05, 3.63) is 35.4 Å². The van der Waals surface area contributed by atoms with Crippen LogP contribution in [0.15, 0.2) is 24.3 Å². The van der Waals surface area contributed by atoms with Gasteiger partial charge in [0.15, 0.2) is 0 Å². The number of nitrogens with two attached hydrogens (primary N) is 1. The third-order valence-electron chi connectivity index (χ3n) is 3.15. The Balaban J connectivity index is 2.25. The van der Waals surface area contributed by atoms with Crippen molar-refractivity contribution in [2.75, 3.05) is 11.5 Å². The average molecular weight is 221 g/mol. The van der Waals surface area contributed by atoms with Crippen LogP contribution in [0, 0.1) is 0 Å². The molecule has 1 saturated heterocycles. The minimum atomic E-state index is 0.163. The second kappa shape index (κ2) is 5.04. The van der Waals surface area contributed by atoms with E-state index in [0.29, 0.717) is 0 Å². The third kappa shape index (κ3) is 2.56. The van der Waals surface area contributed by atoms with E-state index in [1.807, 2.05) is 0 Å². The summed E-state index contributed by atoms with van der Waals surface area (Å²) in [4.78, 5) is 0. The first kappa shape index (κ1) is 11.0. The van der Waals surface area contributed by atoms with E-state index in [4.69, 9.17) is 5.73 Å². The first-order chi connectivity index (χ1) is 7.29. The molecular formula is C13H19NS. The first-order valence-corrected chi connectivity index (χ1v) is 6.86. The van der Waals surface area contributed by atoms with Crippen LogP contribution in [0.2, 0.25) is 0 Å². The Hall–Kier alpha value is -0.470. The minimum Gasteiger partial charge on any atom is -0.324 e. The van der Waals surface area contributed by atoms with Crippen molar-refractivity contribution in [1.29, 1.82) is 0 Å². The molecule has 1 unspecified atom stereocenters. The van der Waals surface area contributed by atoms with Gasteiger partial charge in [0.05, 0.1) is 0 Å². The smallest absolute Gasteiger partial charge is 0.0268 e. The first-order valence-electron chi connectivity index (χ1n) is 5.71. The van der Waals surface area contributed by atoms with Crippen LogP contribution >= 0.6 is 11.8 Å². The maximum Gasteiger partial charge on any atom is 0.0268 e. The standard InChI is InChI=1S/C13H19NS/c1-10(14)12-4-2-3-5-13(12)11-6-8-15-9-7-11/h2-5,10-11H,6-9,14H2,1H3. The Morgan fingerprint density at radius 1 is 1.27 bits per heavy atom. The Morgan fingerprint density at radius 2 is 1.93 bits per heavy atom. The summed E-state index contributed by atoms with van der Waals surface area (Å²) < 4.78 is 0. The lowest BCUT2D eigenvalue weighted by molar-refractivity contribution is 0.622. The fourth-order valence-corrected chi connectivity index (χ4v) is 3.41. The molecule has 1 heterocycles. The largest absolute Gasteiger partial charge is 0.324 e. The van der Waals surface area contributed by atoms with Crippen LogP contribution < -0.4 is 5.73 Å². The molecule has 1 aliphatic heterocycles. The highest BCUT2D eigenvalue weighted by molar-refractivity contribution is 7.99. The van der Waals surface area contributed by atoms with Crippen LogP contribution in [0.3, 0.4) is 0 Å². The van der Waals surface area contributed by atoms with Crippen LogP contribution in [-0.2, 0) is 0 Å². The number of thioether (sulfide) groups is 1. The SMILES string of the molecule is CC(N)c1ccccc1C1CCSCC1. The van der Waals surface area contributed by atoms with Gasteiger partial charge in [-0.1, -0.05) is 24.3 Å². The lowest BCUT2D eigenvalue weighted by Gasteiger charge is -2.25. The quantitative estimate of drug-likeness (QED) is 0.829. The van der Waals surface area contributed by atoms with Crippen LogP contribution in [0.4, 0.5) is 0 Å². The predicted octanol–water partition coefficient (Wildman–Crippen LogP) is 3.32. The number of hydrogen-bond donors (Lipinski definition) is 1. The molecule has 2 rings (SSSR count). The minimum absolute atomic E-state index is 0.163. The van der Waals surface area contributed by atoms with Gasteiger partial charge in [0.1, 0.15) is 0 Å². The second-order valence-electron chi connectivity index (χ2n) is 4.30. The molecule has 15 heavy (non-hydrogen) atoms. The summed E-state index contributed by atoms with van der Waals surface area (Å²) in [6, 6.07) is 8.85. The van der Waals surface area contributed by atoms with Gasteiger partial charge in [-0.05, 0) is 48.3 Å². The van der Waals surface area contributed by atoms with E-state index in [1.165, 1.54) is 35.5 Å². The second-order valence-corrected chi connectivity index (χ2v) is 5.53. The molecule has 1 atom stereocenters. The van der Waals surface area contributed by atoms with E-state index in [2.05, 4.69) is 43.0 Å². The topological polar surface area (TPSA) is 26.0 Å². The van der Waals surface area contributed by atoms with Gasteiger partial charge in [0.25, 0.3) is 0 Å². The van der Waals surface area contributed by atoms with Gasteiger partial charge in [-0.25, -0.2) is 0 Å². The zero-order chi connectivity index (χ0) is 10.7. The van der Waals surface area contributed by atoms with Gasteiger partial charge in [-0.2, -0.15) is 11.8 Å². The van der Waals surface area contributed by atoms with Crippen molar-refractivity contribution in [2.24, 2.45) is 5.73 Å². The Kier molecular flexibility index (Phi) is 3.71.